The molecule has 0 amide bonds. The van der Waals surface area contributed by atoms with Crippen molar-refractivity contribution in [2.45, 2.75) is 51.6 Å². The smallest absolute Gasteiger partial charge is 0.194 e. The van der Waals surface area contributed by atoms with Crippen LogP contribution in [0.25, 0.3) is 0 Å². The second-order valence-electron chi connectivity index (χ2n) is 8.09. The zero-order chi connectivity index (χ0) is 20.8. The van der Waals surface area contributed by atoms with Crippen LogP contribution in [-0.2, 0) is 13.0 Å². The average molecular weight is 539 g/mol. The van der Waals surface area contributed by atoms with Crippen molar-refractivity contribution in [1.29, 1.82) is 0 Å². The Morgan fingerprint density at radius 3 is 2.61 bits per heavy atom. The SMILES string of the molecule is CCc1nncn1CCN=C(NC1CCCC1)N1CCN(c2ccccc2O)CC1.I. The summed E-state index contributed by atoms with van der Waals surface area (Å²) < 4.78 is 2.09. The van der Waals surface area contributed by atoms with E-state index >= 15 is 0 Å². The van der Waals surface area contributed by atoms with Crippen LogP contribution in [0.1, 0.15) is 38.4 Å². The van der Waals surface area contributed by atoms with Gasteiger partial charge in [-0.3, -0.25) is 4.99 Å². The van der Waals surface area contributed by atoms with Gasteiger partial charge < -0.3 is 24.8 Å². The first-order valence-electron chi connectivity index (χ1n) is 11.2. The lowest BCUT2D eigenvalue weighted by molar-refractivity contribution is 0.362. The van der Waals surface area contributed by atoms with Gasteiger partial charge in [0.1, 0.15) is 17.9 Å². The number of hydrogen-bond donors (Lipinski definition) is 2. The van der Waals surface area contributed by atoms with Gasteiger partial charge in [-0.05, 0) is 25.0 Å². The molecule has 0 unspecified atom stereocenters. The Morgan fingerprint density at radius 1 is 1.16 bits per heavy atom. The molecule has 2 aliphatic rings. The van der Waals surface area contributed by atoms with Crippen LogP contribution in [0.2, 0.25) is 0 Å². The molecule has 0 bridgehead atoms. The number of aromatic nitrogens is 3. The Morgan fingerprint density at radius 2 is 1.90 bits per heavy atom. The van der Waals surface area contributed by atoms with Crippen molar-refractivity contribution in [2.75, 3.05) is 37.6 Å². The van der Waals surface area contributed by atoms with Crippen molar-refractivity contribution in [2.24, 2.45) is 4.99 Å². The van der Waals surface area contributed by atoms with Crippen LogP contribution in [0.5, 0.6) is 5.75 Å². The number of phenols is 1. The van der Waals surface area contributed by atoms with Crippen LogP contribution in [0.3, 0.4) is 0 Å². The molecule has 4 rings (SSSR count). The highest BCUT2D eigenvalue weighted by Gasteiger charge is 2.24. The Kier molecular flexibility index (Phi) is 8.79. The first kappa shape index (κ1) is 23.6. The number of hydrogen-bond acceptors (Lipinski definition) is 5. The lowest BCUT2D eigenvalue weighted by Gasteiger charge is -2.38. The van der Waals surface area contributed by atoms with Gasteiger partial charge in [0.05, 0.1) is 12.2 Å². The minimum atomic E-state index is 0. The summed E-state index contributed by atoms with van der Waals surface area (Å²) >= 11 is 0. The summed E-state index contributed by atoms with van der Waals surface area (Å²) in [6, 6.07) is 8.12. The van der Waals surface area contributed by atoms with Crippen molar-refractivity contribution < 1.29 is 5.11 Å². The maximum Gasteiger partial charge on any atom is 0.194 e. The number of para-hydroxylation sites is 2. The normalized spacial score (nSPS) is 17.6. The van der Waals surface area contributed by atoms with E-state index in [-0.39, 0.29) is 24.0 Å². The minimum absolute atomic E-state index is 0. The predicted octanol–water partition coefficient (Wildman–Crippen LogP) is 2.87. The number of nitrogens with zero attached hydrogens (tertiary/aromatic N) is 6. The molecule has 1 aromatic heterocycles. The third-order valence-electron chi connectivity index (χ3n) is 6.10. The van der Waals surface area contributed by atoms with Gasteiger partial charge in [-0.1, -0.05) is 31.9 Å². The highest BCUT2D eigenvalue weighted by Crippen LogP contribution is 2.27. The number of nitrogens with one attached hydrogen (secondary N) is 1. The summed E-state index contributed by atoms with van der Waals surface area (Å²) in [4.78, 5) is 9.58. The van der Waals surface area contributed by atoms with Crippen LogP contribution in [0.4, 0.5) is 5.69 Å². The number of aryl methyl sites for hydroxylation is 1. The molecular weight excluding hydrogens is 505 g/mol. The average Bonchev–Trinajstić information content (AvgIpc) is 3.45. The lowest BCUT2D eigenvalue weighted by atomic mass is 10.2. The third kappa shape index (κ3) is 6.02. The first-order valence-corrected chi connectivity index (χ1v) is 11.2. The molecule has 1 saturated heterocycles. The maximum absolute atomic E-state index is 10.2. The Hall–Kier alpha value is -2.04. The number of phenolic OH excluding ortho intramolecular Hbond substituents is 1. The van der Waals surface area contributed by atoms with Gasteiger partial charge in [0, 0.05) is 45.2 Å². The van der Waals surface area contributed by atoms with E-state index in [9.17, 15) is 5.11 Å². The molecule has 8 nitrogen and oxygen atoms in total. The molecule has 31 heavy (non-hydrogen) atoms. The molecular formula is C22H34IN7O. The third-order valence-corrected chi connectivity index (χ3v) is 6.10. The molecule has 9 heteroatoms. The van der Waals surface area contributed by atoms with Crippen LogP contribution in [0.15, 0.2) is 35.6 Å². The number of aromatic hydroxyl groups is 1. The molecule has 2 N–H and O–H groups in total. The van der Waals surface area contributed by atoms with Crippen LogP contribution in [0, 0.1) is 0 Å². The minimum Gasteiger partial charge on any atom is -0.506 e. The molecule has 2 fully saturated rings. The molecule has 0 atom stereocenters. The van der Waals surface area contributed by atoms with E-state index in [0.717, 1.165) is 56.6 Å². The van der Waals surface area contributed by atoms with Gasteiger partial charge in [0.25, 0.3) is 0 Å². The molecule has 2 heterocycles. The standard InChI is InChI=1S/C22H33N7O.HI/c1-2-21-26-24-17-29(21)12-11-23-22(25-18-7-3-4-8-18)28-15-13-27(14-16-28)19-9-5-6-10-20(19)30;/h5-6,9-10,17-18,30H,2-4,7-8,11-16H2,1H3,(H,23,25);1H. The van der Waals surface area contributed by atoms with Gasteiger partial charge in [-0.2, -0.15) is 0 Å². The van der Waals surface area contributed by atoms with E-state index in [2.05, 4.69) is 36.8 Å². The van der Waals surface area contributed by atoms with Crippen LogP contribution < -0.4 is 10.2 Å². The maximum atomic E-state index is 10.2. The van der Waals surface area contributed by atoms with E-state index < -0.39 is 0 Å². The summed E-state index contributed by atoms with van der Waals surface area (Å²) in [6.45, 7) is 7.12. The molecule has 1 aromatic carbocycles. The number of piperazine rings is 1. The highest BCUT2D eigenvalue weighted by molar-refractivity contribution is 14.0. The Bertz CT molecular complexity index is 842. The van der Waals surface area contributed by atoms with Crippen LogP contribution in [-0.4, -0.2) is 69.5 Å². The number of rotatable bonds is 6. The molecule has 1 saturated carbocycles. The second-order valence-corrected chi connectivity index (χ2v) is 8.09. The number of anilines is 1. The van der Waals surface area contributed by atoms with Crippen molar-refractivity contribution in [3.63, 3.8) is 0 Å². The van der Waals surface area contributed by atoms with E-state index in [0.29, 0.717) is 18.3 Å². The lowest BCUT2D eigenvalue weighted by Crippen LogP contribution is -2.54. The number of guanidine groups is 1. The zero-order valence-corrected chi connectivity index (χ0v) is 20.6. The number of aliphatic imine (C=N–C) groups is 1. The molecule has 1 aliphatic heterocycles. The summed E-state index contributed by atoms with van der Waals surface area (Å²) in [7, 11) is 0. The Labute approximate surface area is 201 Å². The van der Waals surface area contributed by atoms with E-state index in [1.165, 1.54) is 25.7 Å². The van der Waals surface area contributed by atoms with Gasteiger partial charge in [-0.15, -0.1) is 34.2 Å². The summed E-state index contributed by atoms with van der Waals surface area (Å²) in [6.07, 6.45) is 7.72. The summed E-state index contributed by atoms with van der Waals surface area (Å²) in [5.41, 5.74) is 0.916. The van der Waals surface area contributed by atoms with E-state index in [1.807, 2.05) is 18.2 Å². The van der Waals surface area contributed by atoms with E-state index in [1.54, 1.807) is 12.4 Å². The van der Waals surface area contributed by atoms with Gasteiger partial charge in [-0.25, -0.2) is 0 Å². The summed E-state index contributed by atoms with van der Waals surface area (Å²) in [5.74, 6) is 2.38. The fourth-order valence-electron chi connectivity index (χ4n) is 4.38. The van der Waals surface area contributed by atoms with E-state index in [4.69, 9.17) is 4.99 Å². The molecule has 2 aromatic rings. The highest BCUT2D eigenvalue weighted by atomic mass is 127. The van der Waals surface area contributed by atoms with Gasteiger partial charge in [0.15, 0.2) is 5.96 Å². The monoisotopic (exact) mass is 539 g/mol. The number of halogens is 1. The second kappa shape index (κ2) is 11.5. The molecule has 1 aliphatic carbocycles. The van der Waals surface area contributed by atoms with Gasteiger partial charge >= 0.3 is 0 Å². The fraction of sp³-hybridized carbons (Fsp3) is 0.591. The van der Waals surface area contributed by atoms with Crippen molar-refractivity contribution >= 4 is 35.6 Å². The largest absolute Gasteiger partial charge is 0.506 e. The summed E-state index contributed by atoms with van der Waals surface area (Å²) in [5, 5.41) is 22.1. The molecule has 0 spiro atoms. The van der Waals surface area contributed by atoms with Crippen molar-refractivity contribution in [1.82, 2.24) is 25.0 Å². The fourth-order valence-corrected chi connectivity index (χ4v) is 4.38. The molecule has 0 radical (unpaired) electrons. The predicted molar refractivity (Wildman–Crippen MR) is 134 cm³/mol. The number of benzene rings is 1. The first-order chi connectivity index (χ1) is 14.7. The van der Waals surface area contributed by atoms with Gasteiger partial charge in [0.2, 0.25) is 0 Å². The van der Waals surface area contributed by atoms with Crippen molar-refractivity contribution in [3.8, 4) is 5.75 Å². The Balaban J connectivity index is 0.00000272. The zero-order valence-electron chi connectivity index (χ0n) is 18.3. The van der Waals surface area contributed by atoms with Crippen LogP contribution >= 0.6 is 24.0 Å². The molecule has 170 valence electrons. The topological polar surface area (TPSA) is 81.8 Å². The van der Waals surface area contributed by atoms with Crippen molar-refractivity contribution in [3.05, 3.63) is 36.4 Å². The quantitative estimate of drug-likeness (QED) is 0.334.